The lowest BCUT2D eigenvalue weighted by Crippen LogP contribution is -1.98. The first-order chi connectivity index (χ1) is 33.7. The minimum absolute atomic E-state index is 0.666. The molecule has 0 N–H and O–H groups in total. The number of fused-ring (bicyclic) bond motifs is 6. The molecule has 4 heteroatoms. The van der Waals surface area contributed by atoms with E-state index in [0.29, 0.717) is 5.82 Å². The van der Waals surface area contributed by atoms with E-state index in [2.05, 4.69) is 264 Å². The predicted octanol–water partition coefficient (Wildman–Crippen LogP) is 16.7. The Morgan fingerprint density at radius 3 is 1.09 bits per heavy atom. The fourth-order valence-corrected chi connectivity index (χ4v) is 10.1. The van der Waals surface area contributed by atoms with Gasteiger partial charge >= 0.3 is 0 Å². The minimum Gasteiger partial charge on any atom is -0.309 e. The van der Waals surface area contributed by atoms with E-state index in [0.717, 1.165) is 56.1 Å². The molecule has 318 valence electrons. The average molecular weight is 867 g/mol. The molecule has 0 aliphatic rings. The van der Waals surface area contributed by atoms with E-state index in [1.165, 1.54) is 60.3 Å². The first-order valence-corrected chi connectivity index (χ1v) is 23.1. The van der Waals surface area contributed by atoms with Crippen LogP contribution in [0.2, 0.25) is 0 Å². The molecule has 68 heavy (non-hydrogen) atoms. The first kappa shape index (κ1) is 39.3. The van der Waals surface area contributed by atoms with E-state index in [9.17, 15) is 0 Å². The Hall–Kier alpha value is -9.12. The predicted molar refractivity (Wildman–Crippen MR) is 283 cm³/mol. The van der Waals surface area contributed by atoms with Crippen LogP contribution in [0.25, 0.3) is 122 Å². The second-order valence-electron chi connectivity index (χ2n) is 17.4. The largest absolute Gasteiger partial charge is 0.309 e. The Morgan fingerprint density at radius 2 is 0.559 bits per heavy atom. The van der Waals surface area contributed by atoms with Crippen molar-refractivity contribution in [3.05, 3.63) is 255 Å². The SMILES string of the molecule is c1ccc(-c2cccc(-c3ccc(-c4cc(-c5cccc(-n6c7ccccc7c7ccccc76)c5)nc(-c5cccc(-c6cccc(-n7c8ccccc8c8ccccc87)c6)c5)n4)cc3)c2)cc1. The maximum Gasteiger partial charge on any atom is 0.160 e. The summed E-state index contributed by atoms with van der Waals surface area (Å²) in [6, 6.07) is 91.0. The average Bonchev–Trinajstić information content (AvgIpc) is 3.94. The van der Waals surface area contributed by atoms with Crippen LogP contribution in [-0.2, 0) is 0 Å². The van der Waals surface area contributed by atoms with Gasteiger partial charge in [-0.1, -0.05) is 188 Å². The molecule has 0 spiro atoms. The van der Waals surface area contributed by atoms with Crippen molar-refractivity contribution in [1.29, 1.82) is 0 Å². The Kier molecular flexibility index (Phi) is 9.47. The maximum absolute atomic E-state index is 5.39. The highest BCUT2D eigenvalue weighted by Crippen LogP contribution is 2.37. The van der Waals surface area contributed by atoms with E-state index in [1.54, 1.807) is 0 Å². The van der Waals surface area contributed by atoms with E-state index in [-0.39, 0.29) is 0 Å². The van der Waals surface area contributed by atoms with Gasteiger partial charge < -0.3 is 9.13 Å². The molecule has 10 aromatic carbocycles. The molecule has 0 atom stereocenters. The molecule has 0 fully saturated rings. The fourth-order valence-electron chi connectivity index (χ4n) is 10.1. The van der Waals surface area contributed by atoms with Gasteiger partial charge in [-0.3, -0.25) is 0 Å². The Labute approximate surface area is 394 Å². The molecule has 0 aliphatic carbocycles. The molecule has 3 aromatic heterocycles. The molecule has 0 bridgehead atoms. The molecular formula is C64H42N4. The molecule has 0 saturated heterocycles. The Morgan fingerprint density at radius 1 is 0.221 bits per heavy atom. The Balaban J connectivity index is 0.927. The third-order valence-electron chi connectivity index (χ3n) is 13.3. The lowest BCUT2D eigenvalue weighted by atomic mass is 9.97. The van der Waals surface area contributed by atoms with E-state index in [4.69, 9.17) is 9.97 Å². The second kappa shape index (κ2) is 16.4. The first-order valence-electron chi connectivity index (χ1n) is 23.1. The van der Waals surface area contributed by atoms with Crippen LogP contribution in [0.15, 0.2) is 255 Å². The maximum atomic E-state index is 5.39. The van der Waals surface area contributed by atoms with Gasteiger partial charge in [0.25, 0.3) is 0 Å². The smallest absolute Gasteiger partial charge is 0.160 e. The molecular weight excluding hydrogens is 825 g/mol. The van der Waals surface area contributed by atoms with Crippen LogP contribution >= 0.6 is 0 Å². The summed E-state index contributed by atoms with van der Waals surface area (Å²) in [7, 11) is 0. The van der Waals surface area contributed by atoms with Gasteiger partial charge in [-0.15, -0.1) is 0 Å². The topological polar surface area (TPSA) is 35.6 Å². The number of hydrogen-bond acceptors (Lipinski definition) is 2. The number of hydrogen-bond donors (Lipinski definition) is 0. The van der Waals surface area contributed by atoms with E-state index in [1.807, 2.05) is 0 Å². The quantitative estimate of drug-likeness (QED) is 0.153. The number of rotatable bonds is 8. The minimum atomic E-state index is 0.666. The summed E-state index contributed by atoms with van der Waals surface area (Å²) in [5, 5.41) is 4.96. The summed E-state index contributed by atoms with van der Waals surface area (Å²) in [5.41, 5.74) is 18.5. The lowest BCUT2D eigenvalue weighted by Gasteiger charge is -2.13. The summed E-state index contributed by atoms with van der Waals surface area (Å²) >= 11 is 0. The van der Waals surface area contributed by atoms with Crippen LogP contribution in [0.1, 0.15) is 0 Å². The van der Waals surface area contributed by atoms with Crippen LogP contribution in [0, 0.1) is 0 Å². The van der Waals surface area contributed by atoms with Crippen LogP contribution in [0.3, 0.4) is 0 Å². The second-order valence-corrected chi connectivity index (χ2v) is 17.4. The van der Waals surface area contributed by atoms with Gasteiger partial charge in [-0.2, -0.15) is 0 Å². The monoisotopic (exact) mass is 866 g/mol. The molecule has 0 saturated carbocycles. The molecule has 13 rings (SSSR count). The third kappa shape index (κ3) is 6.86. The van der Waals surface area contributed by atoms with E-state index >= 15 is 0 Å². The summed E-state index contributed by atoms with van der Waals surface area (Å²) in [6.07, 6.45) is 0. The number of nitrogens with zero attached hydrogens (tertiary/aromatic N) is 4. The lowest BCUT2D eigenvalue weighted by molar-refractivity contribution is 1.16. The number of aromatic nitrogens is 4. The molecule has 0 unspecified atom stereocenters. The molecule has 0 aliphatic heterocycles. The van der Waals surface area contributed by atoms with Gasteiger partial charge in [0.2, 0.25) is 0 Å². The molecule has 13 aromatic rings. The van der Waals surface area contributed by atoms with Gasteiger partial charge in [0.15, 0.2) is 5.82 Å². The number of para-hydroxylation sites is 4. The highest BCUT2D eigenvalue weighted by Gasteiger charge is 2.17. The zero-order valence-electron chi connectivity index (χ0n) is 37.0. The normalized spacial score (nSPS) is 11.5. The van der Waals surface area contributed by atoms with Crippen molar-refractivity contribution in [3.8, 4) is 78.7 Å². The van der Waals surface area contributed by atoms with Gasteiger partial charge in [0.1, 0.15) is 0 Å². The zero-order valence-corrected chi connectivity index (χ0v) is 37.0. The number of benzene rings is 10. The van der Waals surface area contributed by atoms with Gasteiger partial charge in [-0.05, 0) is 100 Å². The fraction of sp³-hybridized carbons (Fsp3) is 0. The summed E-state index contributed by atoms with van der Waals surface area (Å²) < 4.78 is 4.73. The highest BCUT2D eigenvalue weighted by molar-refractivity contribution is 6.10. The standard InChI is InChI=1S/C64H42N4/c1-2-16-43(17-3-1)46-18-12-19-47(38-46)44-34-36-45(37-35-44)58-42-59(50-22-15-25-53(41-50)68-62-32-10-6-28-56(62)57-29-7-11-33-63(57)68)66-64(65-58)51-23-13-20-48(39-51)49-21-14-24-52(40-49)67-60-30-8-4-26-54(60)55-27-5-9-31-61(55)67/h1-42H. The summed E-state index contributed by atoms with van der Waals surface area (Å²) in [6.45, 7) is 0. The van der Waals surface area contributed by atoms with Gasteiger partial charge in [0, 0.05) is 49.6 Å². The van der Waals surface area contributed by atoms with Crippen molar-refractivity contribution in [2.24, 2.45) is 0 Å². The van der Waals surface area contributed by atoms with Crippen LogP contribution in [-0.4, -0.2) is 19.1 Å². The van der Waals surface area contributed by atoms with Crippen molar-refractivity contribution < 1.29 is 0 Å². The summed E-state index contributed by atoms with van der Waals surface area (Å²) in [4.78, 5) is 10.7. The third-order valence-corrected chi connectivity index (χ3v) is 13.3. The van der Waals surface area contributed by atoms with Crippen molar-refractivity contribution in [2.45, 2.75) is 0 Å². The van der Waals surface area contributed by atoms with Crippen molar-refractivity contribution in [1.82, 2.24) is 19.1 Å². The molecule has 4 nitrogen and oxygen atoms in total. The van der Waals surface area contributed by atoms with E-state index < -0.39 is 0 Å². The van der Waals surface area contributed by atoms with Crippen molar-refractivity contribution in [2.75, 3.05) is 0 Å². The van der Waals surface area contributed by atoms with Gasteiger partial charge in [0.05, 0.1) is 33.5 Å². The molecule has 0 radical (unpaired) electrons. The van der Waals surface area contributed by atoms with Gasteiger partial charge in [-0.25, -0.2) is 9.97 Å². The van der Waals surface area contributed by atoms with Crippen molar-refractivity contribution >= 4 is 43.6 Å². The zero-order chi connectivity index (χ0) is 45.0. The highest BCUT2D eigenvalue weighted by atomic mass is 15.0. The van der Waals surface area contributed by atoms with Crippen molar-refractivity contribution in [3.63, 3.8) is 0 Å². The summed E-state index contributed by atoms with van der Waals surface area (Å²) in [5.74, 6) is 0.666. The van der Waals surface area contributed by atoms with Crippen LogP contribution < -0.4 is 0 Å². The molecule has 3 heterocycles. The van der Waals surface area contributed by atoms with Crippen LogP contribution in [0.4, 0.5) is 0 Å². The molecule has 0 amide bonds. The van der Waals surface area contributed by atoms with Crippen LogP contribution in [0.5, 0.6) is 0 Å². The Bertz CT molecular complexity index is 3920.